The second-order valence-corrected chi connectivity index (χ2v) is 13.5. The molecule has 2 fully saturated rings. The molecule has 228 valence electrons. The molecule has 0 radical (unpaired) electrons. The molecule has 0 bridgehead atoms. The summed E-state index contributed by atoms with van der Waals surface area (Å²) in [6.07, 6.45) is 10.4. The minimum Gasteiger partial charge on any atom is -0.350 e. The quantitative estimate of drug-likeness (QED) is 0.289. The summed E-state index contributed by atoms with van der Waals surface area (Å²) < 4.78 is 43.3. The number of hydrogen-bond donors (Lipinski definition) is 0. The molecule has 1 aliphatic heterocycles. The van der Waals surface area contributed by atoms with E-state index in [1.54, 1.807) is 11.1 Å². The molecule has 6 rings (SSSR count). The number of nitrogens with zero attached hydrogens (tertiary/aromatic N) is 7. The van der Waals surface area contributed by atoms with Gasteiger partial charge in [-0.1, -0.05) is 24.6 Å². The van der Waals surface area contributed by atoms with E-state index >= 15 is 4.39 Å². The van der Waals surface area contributed by atoms with Crippen LogP contribution >= 0.6 is 11.6 Å². The van der Waals surface area contributed by atoms with Crippen LogP contribution in [-0.4, -0.2) is 75.7 Å². The SMILES string of the molecule is C=CC(=O)N1CCN(c2nc(=O)n(-c3c(C4CCC4)cncc3S(C)(=O)=O)c3nc(-c4ccncc4Cl)c(F)cc23)[C@@H](C)C1. The number of carbonyl (C=O) groups is 1. The maximum atomic E-state index is 16.0. The number of piperazine rings is 1. The zero-order chi connectivity index (χ0) is 31.3. The van der Waals surface area contributed by atoms with Gasteiger partial charge in [0.15, 0.2) is 15.5 Å². The lowest BCUT2D eigenvalue weighted by atomic mass is 9.80. The van der Waals surface area contributed by atoms with E-state index in [0.29, 0.717) is 25.2 Å². The van der Waals surface area contributed by atoms with E-state index < -0.39 is 21.3 Å². The van der Waals surface area contributed by atoms with E-state index in [1.165, 1.54) is 36.8 Å². The fourth-order valence-corrected chi connectivity index (χ4v) is 6.88. The van der Waals surface area contributed by atoms with Crippen LogP contribution in [0.5, 0.6) is 0 Å². The number of sulfone groups is 1. The summed E-state index contributed by atoms with van der Waals surface area (Å²) in [7, 11) is -3.88. The zero-order valence-electron chi connectivity index (χ0n) is 24.1. The molecule has 1 saturated heterocycles. The van der Waals surface area contributed by atoms with Gasteiger partial charge < -0.3 is 9.80 Å². The molecule has 0 unspecified atom stereocenters. The van der Waals surface area contributed by atoms with Gasteiger partial charge in [-0.25, -0.2) is 27.2 Å². The van der Waals surface area contributed by atoms with Gasteiger partial charge in [0.1, 0.15) is 22.2 Å². The molecule has 1 aliphatic carbocycles. The van der Waals surface area contributed by atoms with Crippen LogP contribution in [0.1, 0.15) is 37.7 Å². The number of fused-ring (bicyclic) bond motifs is 1. The van der Waals surface area contributed by atoms with E-state index in [-0.39, 0.29) is 61.6 Å². The highest BCUT2D eigenvalue weighted by molar-refractivity contribution is 7.90. The second-order valence-electron chi connectivity index (χ2n) is 11.1. The van der Waals surface area contributed by atoms with Crippen LogP contribution in [-0.2, 0) is 14.6 Å². The van der Waals surface area contributed by atoms with E-state index in [0.717, 1.165) is 30.1 Å². The Morgan fingerprint density at radius 1 is 1.16 bits per heavy atom. The van der Waals surface area contributed by atoms with Crippen LogP contribution in [0.2, 0.25) is 5.02 Å². The number of rotatable bonds is 6. The Hall–Kier alpha value is -4.23. The van der Waals surface area contributed by atoms with Crippen molar-refractivity contribution in [1.29, 1.82) is 0 Å². The smallest absolute Gasteiger partial charge is 0.350 e. The van der Waals surface area contributed by atoms with Crippen molar-refractivity contribution in [1.82, 2.24) is 29.4 Å². The summed E-state index contributed by atoms with van der Waals surface area (Å²) in [4.78, 5) is 47.0. The summed E-state index contributed by atoms with van der Waals surface area (Å²) in [5.41, 5.74) is 0.0354. The predicted octanol–water partition coefficient (Wildman–Crippen LogP) is 3.92. The lowest BCUT2D eigenvalue weighted by Crippen LogP contribution is -2.54. The largest absolute Gasteiger partial charge is 0.355 e. The van der Waals surface area contributed by atoms with Gasteiger partial charge in [0.2, 0.25) is 5.91 Å². The molecule has 11 nitrogen and oxygen atoms in total. The van der Waals surface area contributed by atoms with E-state index in [2.05, 4.69) is 26.5 Å². The lowest BCUT2D eigenvalue weighted by molar-refractivity contribution is -0.126. The first kappa shape index (κ1) is 29.8. The zero-order valence-corrected chi connectivity index (χ0v) is 25.6. The third-order valence-electron chi connectivity index (χ3n) is 8.30. The molecule has 1 atom stereocenters. The van der Waals surface area contributed by atoms with Gasteiger partial charge in [-0.05, 0) is 49.5 Å². The molecule has 4 aromatic rings. The summed E-state index contributed by atoms with van der Waals surface area (Å²) in [6, 6.07) is 2.45. The Morgan fingerprint density at radius 3 is 2.57 bits per heavy atom. The highest BCUT2D eigenvalue weighted by atomic mass is 35.5. The molecule has 0 N–H and O–H groups in total. The standard InChI is InChI=1S/C30H29ClFN7O4S/c1-4-25(40)37-10-11-38(17(2)16-37)28-20-12-23(32)26(19-8-9-33-14-22(19)31)35-29(20)39(30(41)36-28)27-21(18-6-5-7-18)13-34-15-24(27)44(3,42)43/h4,8-9,12-15,17-18H,1,5-7,10-11,16H2,2-3H3/t17-/m0/s1. The first-order valence-electron chi connectivity index (χ1n) is 14.1. The Labute approximate surface area is 258 Å². The predicted molar refractivity (Wildman–Crippen MR) is 164 cm³/mol. The molecule has 0 spiro atoms. The van der Waals surface area contributed by atoms with Gasteiger partial charge in [-0.3, -0.25) is 14.8 Å². The van der Waals surface area contributed by atoms with Crippen molar-refractivity contribution < 1.29 is 17.6 Å². The van der Waals surface area contributed by atoms with Crippen molar-refractivity contribution in [3.05, 3.63) is 76.5 Å². The van der Waals surface area contributed by atoms with Gasteiger partial charge in [-0.2, -0.15) is 4.98 Å². The number of hydrogen-bond acceptors (Lipinski definition) is 9. The molecular weight excluding hydrogens is 609 g/mol. The minimum atomic E-state index is -3.88. The molecule has 4 aromatic heterocycles. The van der Waals surface area contributed by atoms with E-state index in [1.807, 2.05) is 11.8 Å². The van der Waals surface area contributed by atoms with Gasteiger partial charge >= 0.3 is 5.69 Å². The molecule has 0 aromatic carbocycles. The number of anilines is 1. The third kappa shape index (κ3) is 5.13. The van der Waals surface area contributed by atoms with Crippen LogP contribution in [0.3, 0.4) is 0 Å². The van der Waals surface area contributed by atoms with Crippen molar-refractivity contribution >= 4 is 44.2 Å². The van der Waals surface area contributed by atoms with Crippen LogP contribution < -0.4 is 10.6 Å². The Balaban J connectivity index is 1.67. The maximum absolute atomic E-state index is 16.0. The lowest BCUT2D eigenvalue weighted by Gasteiger charge is -2.40. The van der Waals surface area contributed by atoms with Crippen molar-refractivity contribution in [2.45, 2.75) is 43.0 Å². The van der Waals surface area contributed by atoms with Crippen molar-refractivity contribution in [3.8, 4) is 16.9 Å². The normalized spacial score (nSPS) is 17.5. The van der Waals surface area contributed by atoms with Gasteiger partial charge in [0.05, 0.1) is 16.1 Å². The first-order valence-corrected chi connectivity index (χ1v) is 16.4. The Bertz CT molecular complexity index is 2000. The number of halogens is 2. The first-order chi connectivity index (χ1) is 21.0. The van der Waals surface area contributed by atoms with Gasteiger partial charge in [-0.15, -0.1) is 0 Å². The Kier molecular flexibility index (Phi) is 7.70. The van der Waals surface area contributed by atoms with Crippen LogP contribution in [0, 0.1) is 5.82 Å². The van der Waals surface area contributed by atoms with Gasteiger partial charge in [0.25, 0.3) is 0 Å². The maximum Gasteiger partial charge on any atom is 0.355 e. The number of pyridine rings is 3. The number of aromatic nitrogens is 5. The highest BCUT2D eigenvalue weighted by Gasteiger charge is 2.33. The highest BCUT2D eigenvalue weighted by Crippen LogP contribution is 2.41. The number of carbonyl (C=O) groups excluding carboxylic acids is 1. The fourth-order valence-electron chi connectivity index (χ4n) is 5.86. The molecule has 1 saturated carbocycles. The molecule has 5 heterocycles. The summed E-state index contributed by atoms with van der Waals surface area (Å²) in [5, 5.41) is 0.344. The minimum absolute atomic E-state index is 0.0118. The second kappa shape index (κ2) is 11.4. The van der Waals surface area contributed by atoms with Crippen LogP contribution in [0.15, 0.2) is 59.3 Å². The summed E-state index contributed by atoms with van der Waals surface area (Å²) in [6.45, 7) is 6.40. The van der Waals surface area contributed by atoms with Crippen molar-refractivity contribution in [2.75, 3.05) is 30.8 Å². The molecule has 2 aliphatic rings. The fraction of sp³-hybridized carbons (Fsp3) is 0.333. The average molecular weight is 638 g/mol. The van der Waals surface area contributed by atoms with Crippen molar-refractivity contribution in [2.24, 2.45) is 0 Å². The molecule has 1 amide bonds. The van der Waals surface area contributed by atoms with Gasteiger partial charge in [0, 0.05) is 62.3 Å². The van der Waals surface area contributed by atoms with Crippen molar-refractivity contribution in [3.63, 3.8) is 0 Å². The Morgan fingerprint density at radius 2 is 1.93 bits per heavy atom. The number of amides is 1. The monoisotopic (exact) mass is 637 g/mol. The van der Waals surface area contributed by atoms with E-state index in [4.69, 9.17) is 11.6 Å². The average Bonchev–Trinajstić information content (AvgIpc) is 2.95. The van der Waals surface area contributed by atoms with Crippen LogP contribution in [0.25, 0.3) is 28.0 Å². The van der Waals surface area contributed by atoms with Crippen LogP contribution in [0.4, 0.5) is 10.2 Å². The van der Waals surface area contributed by atoms with E-state index in [9.17, 15) is 18.0 Å². The molecule has 14 heteroatoms. The third-order valence-corrected chi connectivity index (χ3v) is 9.69. The molecule has 44 heavy (non-hydrogen) atoms. The summed E-state index contributed by atoms with van der Waals surface area (Å²) >= 11 is 6.39. The topological polar surface area (TPSA) is 131 Å². The molecular formula is C30H29ClFN7O4S. The summed E-state index contributed by atoms with van der Waals surface area (Å²) in [5.74, 6) is -0.778.